The minimum atomic E-state index is -0.0122. The second-order valence-corrected chi connectivity index (χ2v) is 7.82. The van der Waals surface area contributed by atoms with Crippen LogP contribution in [0.25, 0.3) is 0 Å². The van der Waals surface area contributed by atoms with E-state index >= 15 is 0 Å². The van der Waals surface area contributed by atoms with Crippen molar-refractivity contribution in [3.8, 4) is 0 Å². The zero-order valence-corrected chi connectivity index (χ0v) is 17.4. The van der Waals surface area contributed by atoms with Crippen molar-refractivity contribution in [1.29, 1.82) is 0 Å². The molecule has 30 heavy (non-hydrogen) atoms. The summed E-state index contributed by atoms with van der Waals surface area (Å²) in [6.45, 7) is 4.04. The van der Waals surface area contributed by atoms with Crippen molar-refractivity contribution in [1.82, 2.24) is 9.88 Å². The minimum Gasteiger partial charge on any atom is -0.354 e. The maximum absolute atomic E-state index is 12.8. The number of hydrogen-bond donors (Lipinski definition) is 1. The highest BCUT2D eigenvalue weighted by molar-refractivity contribution is 5.91. The molecule has 2 aromatic carbocycles. The van der Waals surface area contributed by atoms with E-state index in [9.17, 15) is 4.79 Å². The quantitative estimate of drug-likeness (QED) is 0.680. The van der Waals surface area contributed by atoms with E-state index in [1.807, 2.05) is 48.5 Å². The van der Waals surface area contributed by atoms with Crippen LogP contribution in [0, 0.1) is 0 Å². The molecule has 1 saturated heterocycles. The Balaban J connectivity index is 1.42. The van der Waals surface area contributed by atoms with Gasteiger partial charge in [-0.15, -0.1) is 0 Å². The molecule has 1 amide bonds. The van der Waals surface area contributed by atoms with E-state index in [0.717, 1.165) is 48.8 Å². The first-order chi connectivity index (χ1) is 14.7. The molecule has 1 aliphatic rings. The van der Waals surface area contributed by atoms with Crippen molar-refractivity contribution in [2.45, 2.75) is 12.3 Å². The first kappa shape index (κ1) is 20.1. The molecule has 5 nitrogen and oxygen atoms in total. The first-order valence-corrected chi connectivity index (χ1v) is 10.5. The summed E-state index contributed by atoms with van der Waals surface area (Å²) < 4.78 is 0. The van der Waals surface area contributed by atoms with E-state index in [4.69, 9.17) is 0 Å². The van der Waals surface area contributed by atoms with Gasteiger partial charge in [-0.2, -0.15) is 0 Å². The highest BCUT2D eigenvalue weighted by Gasteiger charge is 2.19. The third-order valence-corrected chi connectivity index (χ3v) is 5.65. The summed E-state index contributed by atoms with van der Waals surface area (Å²) in [5.41, 5.74) is 3.02. The third kappa shape index (κ3) is 5.05. The van der Waals surface area contributed by atoms with Crippen LogP contribution in [0.2, 0.25) is 0 Å². The molecule has 3 aromatic rings. The molecule has 0 bridgehead atoms. The SMILES string of the molecule is CN1CCN(c2ccc(NC(=O)CC(c3ccccc3)c3ccccc3)cn2)CC1. The fourth-order valence-electron chi connectivity index (χ4n) is 3.88. The number of nitrogens with zero attached hydrogens (tertiary/aromatic N) is 3. The zero-order chi connectivity index (χ0) is 20.8. The Morgan fingerprint density at radius 1 is 0.900 bits per heavy atom. The Labute approximate surface area is 178 Å². The number of hydrogen-bond acceptors (Lipinski definition) is 4. The standard InChI is InChI=1S/C25H28N4O/c1-28-14-16-29(17-15-28)24-13-12-22(19-26-24)27-25(30)18-23(20-8-4-2-5-9-20)21-10-6-3-7-11-21/h2-13,19,23H,14-18H2,1H3,(H,27,30). The van der Waals surface area contributed by atoms with Gasteiger partial charge in [-0.05, 0) is 30.3 Å². The van der Waals surface area contributed by atoms with Gasteiger partial charge in [-0.1, -0.05) is 60.7 Å². The molecule has 0 saturated carbocycles. The number of benzene rings is 2. The Kier molecular flexibility index (Phi) is 6.40. The van der Waals surface area contributed by atoms with Crippen LogP contribution < -0.4 is 10.2 Å². The van der Waals surface area contributed by atoms with Crippen LogP contribution in [-0.2, 0) is 4.79 Å². The van der Waals surface area contributed by atoms with Gasteiger partial charge >= 0.3 is 0 Å². The fourth-order valence-corrected chi connectivity index (χ4v) is 3.88. The van der Waals surface area contributed by atoms with E-state index in [1.165, 1.54) is 0 Å². The molecule has 1 aliphatic heterocycles. The first-order valence-electron chi connectivity index (χ1n) is 10.5. The van der Waals surface area contributed by atoms with Gasteiger partial charge in [0.15, 0.2) is 0 Å². The van der Waals surface area contributed by atoms with Crippen molar-refractivity contribution in [2.75, 3.05) is 43.4 Å². The summed E-state index contributed by atoms with van der Waals surface area (Å²) in [5, 5.41) is 3.02. The molecule has 0 spiro atoms. The van der Waals surface area contributed by atoms with Gasteiger partial charge in [0, 0.05) is 38.5 Å². The minimum absolute atomic E-state index is 0.0122. The lowest BCUT2D eigenvalue weighted by molar-refractivity contribution is -0.116. The van der Waals surface area contributed by atoms with Crippen LogP contribution in [0.3, 0.4) is 0 Å². The lowest BCUT2D eigenvalue weighted by Gasteiger charge is -2.33. The molecule has 5 heteroatoms. The second-order valence-electron chi connectivity index (χ2n) is 7.82. The smallest absolute Gasteiger partial charge is 0.225 e. The summed E-state index contributed by atoms with van der Waals surface area (Å²) in [7, 11) is 2.14. The average molecular weight is 401 g/mol. The number of anilines is 2. The summed E-state index contributed by atoms with van der Waals surface area (Å²) in [6, 6.07) is 24.3. The van der Waals surface area contributed by atoms with Crippen LogP contribution in [0.4, 0.5) is 11.5 Å². The molecule has 1 N–H and O–H groups in total. The molecule has 1 fully saturated rings. The maximum Gasteiger partial charge on any atom is 0.225 e. The largest absolute Gasteiger partial charge is 0.354 e. The van der Waals surface area contributed by atoms with Gasteiger partial charge in [-0.25, -0.2) is 4.98 Å². The number of amides is 1. The predicted octanol–water partition coefficient (Wildman–Crippen LogP) is 3.99. The molecule has 4 rings (SSSR count). The van der Waals surface area contributed by atoms with Crippen LogP contribution >= 0.6 is 0 Å². The lowest BCUT2D eigenvalue weighted by atomic mass is 9.88. The number of carbonyl (C=O) groups is 1. The average Bonchev–Trinajstić information content (AvgIpc) is 2.80. The normalized spacial score (nSPS) is 14.7. The zero-order valence-electron chi connectivity index (χ0n) is 17.4. The van der Waals surface area contributed by atoms with Gasteiger partial charge in [0.1, 0.15) is 5.82 Å². The van der Waals surface area contributed by atoms with Gasteiger partial charge in [0.05, 0.1) is 11.9 Å². The summed E-state index contributed by atoms with van der Waals surface area (Å²) in [4.78, 5) is 22.0. The molecular weight excluding hydrogens is 372 g/mol. The molecule has 0 atom stereocenters. The molecule has 0 radical (unpaired) electrons. The Morgan fingerprint density at radius 3 is 2.03 bits per heavy atom. The van der Waals surface area contributed by atoms with Gasteiger partial charge in [-0.3, -0.25) is 4.79 Å². The van der Waals surface area contributed by atoms with Gasteiger partial charge in [0.2, 0.25) is 5.91 Å². The number of aromatic nitrogens is 1. The predicted molar refractivity (Wildman–Crippen MR) is 122 cm³/mol. The molecule has 154 valence electrons. The van der Waals surface area contributed by atoms with Gasteiger partial charge in [0.25, 0.3) is 0 Å². The van der Waals surface area contributed by atoms with E-state index in [0.29, 0.717) is 6.42 Å². The number of piperazine rings is 1. The Hall–Kier alpha value is -3.18. The summed E-state index contributed by atoms with van der Waals surface area (Å²) in [6.07, 6.45) is 2.14. The lowest BCUT2D eigenvalue weighted by Crippen LogP contribution is -2.44. The Morgan fingerprint density at radius 2 is 1.50 bits per heavy atom. The third-order valence-electron chi connectivity index (χ3n) is 5.65. The van der Waals surface area contributed by atoms with E-state index < -0.39 is 0 Å². The number of pyridine rings is 1. The van der Waals surface area contributed by atoms with E-state index in [-0.39, 0.29) is 11.8 Å². The number of likely N-dealkylation sites (N-methyl/N-ethyl adjacent to an activating group) is 1. The number of rotatable bonds is 6. The molecule has 2 heterocycles. The van der Waals surface area contributed by atoms with Crippen molar-refractivity contribution < 1.29 is 4.79 Å². The topological polar surface area (TPSA) is 48.5 Å². The monoisotopic (exact) mass is 400 g/mol. The molecule has 1 aromatic heterocycles. The van der Waals surface area contributed by atoms with E-state index in [2.05, 4.69) is 51.4 Å². The van der Waals surface area contributed by atoms with Crippen molar-refractivity contribution in [3.63, 3.8) is 0 Å². The van der Waals surface area contributed by atoms with Crippen LogP contribution in [0.1, 0.15) is 23.5 Å². The summed E-state index contributed by atoms with van der Waals surface area (Å²) in [5.74, 6) is 0.972. The Bertz CT molecular complexity index is 896. The van der Waals surface area contributed by atoms with Crippen LogP contribution in [0.5, 0.6) is 0 Å². The van der Waals surface area contributed by atoms with Crippen LogP contribution in [0.15, 0.2) is 79.0 Å². The van der Waals surface area contributed by atoms with Crippen molar-refractivity contribution >= 4 is 17.4 Å². The highest BCUT2D eigenvalue weighted by Crippen LogP contribution is 2.28. The molecule has 0 unspecified atom stereocenters. The van der Waals surface area contributed by atoms with E-state index in [1.54, 1.807) is 6.20 Å². The number of carbonyl (C=O) groups excluding carboxylic acids is 1. The van der Waals surface area contributed by atoms with Crippen molar-refractivity contribution in [3.05, 3.63) is 90.1 Å². The maximum atomic E-state index is 12.8. The molecule has 0 aliphatic carbocycles. The fraction of sp³-hybridized carbons (Fsp3) is 0.280. The van der Waals surface area contributed by atoms with Crippen molar-refractivity contribution in [2.24, 2.45) is 0 Å². The second kappa shape index (κ2) is 9.55. The highest BCUT2D eigenvalue weighted by atomic mass is 16.1. The van der Waals surface area contributed by atoms with Crippen LogP contribution in [-0.4, -0.2) is 49.0 Å². The number of nitrogens with one attached hydrogen (secondary N) is 1. The summed E-state index contributed by atoms with van der Waals surface area (Å²) >= 11 is 0. The molecular formula is C25H28N4O. The van der Waals surface area contributed by atoms with Gasteiger partial charge < -0.3 is 15.1 Å².